The summed E-state index contributed by atoms with van der Waals surface area (Å²) < 4.78 is 12.9. The molecule has 0 atom stereocenters. The third kappa shape index (κ3) is 2.42. The highest BCUT2D eigenvalue weighted by molar-refractivity contribution is 5.77. The monoisotopic (exact) mass is 255 g/mol. The number of aromatic nitrogens is 4. The topological polar surface area (TPSA) is 66.5 Å². The first-order chi connectivity index (χ1) is 9.33. The normalized spacial score (nSPS) is 10.4. The Hall–Kier alpha value is -2.76. The van der Waals surface area contributed by atoms with Gasteiger partial charge in [-0.05, 0) is 41.6 Å². The van der Waals surface area contributed by atoms with Crippen LogP contribution >= 0.6 is 0 Å². The third-order valence-electron chi connectivity index (χ3n) is 2.64. The predicted molar refractivity (Wildman–Crippen MR) is 69.3 cm³/mol. The molecule has 19 heavy (non-hydrogen) atoms. The van der Waals surface area contributed by atoms with Crippen LogP contribution in [0.3, 0.4) is 0 Å². The number of benzene rings is 2. The van der Waals surface area contributed by atoms with Gasteiger partial charge in [-0.3, -0.25) is 0 Å². The van der Waals surface area contributed by atoms with Gasteiger partial charge in [0.2, 0.25) is 5.82 Å². The molecule has 1 aromatic heterocycles. The molecule has 2 aromatic carbocycles. The standard InChI is InChI=1S/C13H10FN5/c14-9-5-7-10(8-6-9)15-12-4-2-1-3-11(12)13-16-18-19-17-13/h1-8,15H,(H,16,17,18,19). The van der Waals surface area contributed by atoms with Crippen LogP contribution in [0.1, 0.15) is 0 Å². The smallest absolute Gasteiger partial charge is 0.206 e. The molecule has 0 spiro atoms. The highest BCUT2D eigenvalue weighted by Crippen LogP contribution is 2.27. The van der Waals surface area contributed by atoms with E-state index in [2.05, 4.69) is 25.9 Å². The van der Waals surface area contributed by atoms with E-state index in [0.717, 1.165) is 16.9 Å². The van der Waals surface area contributed by atoms with Gasteiger partial charge in [-0.1, -0.05) is 12.1 Å². The molecule has 3 aromatic rings. The molecule has 0 fully saturated rings. The van der Waals surface area contributed by atoms with Gasteiger partial charge in [0.15, 0.2) is 0 Å². The van der Waals surface area contributed by atoms with Crippen LogP contribution in [0.25, 0.3) is 11.4 Å². The van der Waals surface area contributed by atoms with Crippen molar-refractivity contribution in [2.24, 2.45) is 0 Å². The van der Waals surface area contributed by atoms with Crippen molar-refractivity contribution < 1.29 is 4.39 Å². The summed E-state index contributed by atoms with van der Waals surface area (Å²) >= 11 is 0. The Bertz CT molecular complexity index is 664. The molecule has 0 unspecified atom stereocenters. The zero-order chi connectivity index (χ0) is 13.1. The van der Waals surface area contributed by atoms with Gasteiger partial charge in [0, 0.05) is 16.9 Å². The number of rotatable bonds is 3. The number of aromatic amines is 1. The Kier molecular flexibility index (Phi) is 2.89. The fraction of sp³-hybridized carbons (Fsp3) is 0. The highest BCUT2D eigenvalue weighted by Gasteiger charge is 2.08. The molecule has 0 aliphatic heterocycles. The summed E-state index contributed by atoms with van der Waals surface area (Å²) in [7, 11) is 0. The predicted octanol–water partition coefficient (Wildman–Crippen LogP) is 2.75. The molecule has 94 valence electrons. The van der Waals surface area contributed by atoms with Crippen molar-refractivity contribution in [2.75, 3.05) is 5.32 Å². The van der Waals surface area contributed by atoms with Crippen LogP contribution in [0.4, 0.5) is 15.8 Å². The molecule has 2 N–H and O–H groups in total. The van der Waals surface area contributed by atoms with Crippen molar-refractivity contribution in [3.63, 3.8) is 0 Å². The Morgan fingerprint density at radius 2 is 1.79 bits per heavy atom. The Morgan fingerprint density at radius 1 is 1.00 bits per heavy atom. The molecule has 0 amide bonds. The first-order valence-corrected chi connectivity index (χ1v) is 5.68. The highest BCUT2D eigenvalue weighted by atomic mass is 19.1. The maximum absolute atomic E-state index is 12.9. The van der Waals surface area contributed by atoms with Gasteiger partial charge >= 0.3 is 0 Å². The lowest BCUT2D eigenvalue weighted by atomic mass is 10.1. The number of nitrogens with one attached hydrogen (secondary N) is 2. The molecular formula is C13H10FN5. The Balaban J connectivity index is 1.95. The zero-order valence-electron chi connectivity index (χ0n) is 9.84. The summed E-state index contributed by atoms with van der Waals surface area (Å²) in [5, 5.41) is 17.1. The average Bonchev–Trinajstić information content (AvgIpc) is 2.96. The quantitative estimate of drug-likeness (QED) is 0.755. The van der Waals surface area contributed by atoms with Crippen LogP contribution in [0, 0.1) is 5.82 Å². The van der Waals surface area contributed by atoms with E-state index in [0.29, 0.717) is 5.82 Å². The van der Waals surface area contributed by atoms with Crippen molar-refractivity contribution >= 4 is 11.4 Å². The second-order valence-electron chi connectivity index (χ2n) is 3.91. The fourth-order valence-electron chi connectivity index (χ4n) is 1.75. The molecule has 0 saturated carbocycles. The molecule has 0 bridgehead atoms. The van der Waals surface area contributed by atoms with Crippen molar-refractivity contribution in [1.82, 2.24) is 20.6 Å². The van der Waals surface area contributed by atoms with Crippen LogP contribution < -0.4 is 5.32 Å². The van der Waals surface area contributed by atoms with Crippen molar-refractivity contribution in [3.8, 4) is 11.4 Å². The number of nitrogens with zero attached hydrogens (tertiary/aromatic N) is 3. The number of halogens is 1. The minimum atomic E-state index is -0.267. The molecule has 6 heteroatoms. The van der Waals surface area contributed by atoms with E-state index in [9.17, 15) is 4.39 Å². The number of anilines is 2. The van der Waals surface area contributed by atoms with Crippen LogP contribution in [-0.2, 0) is 0 Å². The second kappa shape index (κ2) is 4.85. The summed E-state index contributed by atoms with van der Waals surface area (Å²) in [6, 6.07) is 13.7. The van der Waals surface area contributed by atoms with Gasteiger partial charge in [-0.15, -0.1) is 10.2 Å². The maximum atomic E-state index is 12.9. The summed E-state index contributed by atoms with van der Waals surface area (Å²) in [6.07, 6.45) is 0. The van der Waals surface area contributed by atoms with Crippen LogP contribution in [-0.4, -0.2) is 20.6 Å². The molecule has 1 heterocycles. The molecule has 0 saturated heterocycles. The van der Waals surface area contributed by atoms with Crippen molar-refractivity contribution in [3.05, 3.63) is 54.3 Å². The maximum Gasteiger partial charge on any atom is 0.206 e. The first-order valence-electron chi connectivity index (χ1n) is 5.68. The van der Waals surface area contributed by atoms with E-state index in [1.165, 1.54) is 12.1 Å². The Labute approximate surface area is 108 Å². The number of para-hydroxylation sites is 1. The minimum Gasteiger partial charge on any atom is -0.355 e. The van der Waals surface area contributed by atoms with Gasteiger partial charge in [0.05, 0.1) is 0 Å². The summed E-state index contributed by atoms with van der Waals surface area (Å²) in [5.74, 6) is 0.238. The number of hydrogen-bond acceptors (Lipinski definition) is 4. The van der Waals surface area contributed by atoms with Gasteiger partial charge in [0.25, 0.3) is 0 Å². The SMILES string of the molecule is Fc1ccc(Nc2ccccc2-c2nn[nH]n2)cc1. The van der Waals surface area contributed by atoms with E-state index in [4.69, 9.17) is 0 Å². The third-order valence-corrected chi connectivity index (χ3v) is 2.64. The molecule has 0 radical (unpaired) electrons. The largest absolute Gasteiger partial charge is 0.355 e. The van der Waals surface area contributed by atoms with E-state index in [-0.39, 0.29) is 5.82 Å². The summed E-state index contributed by atoms with van der Waals surface area (Å²) in [5.41, 5.74) is 2.44. The Morgan fingerprint density at radius 3 is 2.53 bits per heavy atom. The first kappa shape index (κ1) is 11.3. The van der Waals surface area contributed by atoms with Gasteiger partial charge in [0.1, 0.15) is 5.82 Å². The lowest BCUT2D eigenvalue weighted by Gasteiger charge is -2.09. The van der Waals surface area contributed by atoms with Crippen molar-refractivity contribution in [2.45, 2.75) is 0 Å². The summed E-state index contributed by atoms with van der Waals surface area (Å²) in [4.78, 5) is 0. The van der Waals surface area contributed by atoms with E-state index >= 15 is 0 Å². The van der Waals surface area contributed by atoms with Gasteiger partial charge in [-0.2, -0.15) is 5.21 Å². The molecule has 0 aliphatic carbocycles. The minimum absolute atomic E-state index is 0.267. The number of tetrazole rings is 1. The lowest BCUT2D eigenvalue weighted by Crippen LogP contribution is -1.94. The van der Waals surface area contributed by atoms with Crippen LogP contribution in [0.15, 0.2) is 48.5 Å². The van der Waals surface area contributed by atoms with Crippen LogP contribution in [0.2, 0.25) is 0 Å². The van der Waals surface area contributed by atoms with E-state index in [1.54, 1.807) is 12.1 Å². The number of hydrogen-bond donors (Lipinski definition) is 2. The van der Waals surface area contributed by atoms with Crippen LogP contribution in [0.5, 0.6) is 0 Å². The zero-order valence-corrected chi connectivity index (χ0v) is 9.84. The molecule has 5 nitrogen and oxygen atoms in total. The van der Waals surface area contributed by atoms with Gasteiger partial charge in [-0.25, -0.2) is 4.39 Å². The summed E-state index contributed by atoms with van der Waals surface area (Å²) in [6.45, 7) is 0. The number of H-pyrrole nitrogens is 1. The molecule has 0 aliphatic rings. The molecule has 3 rings (SSSR count). The second-order valence-corrected chi connectivity index (χ2v) is 3.91. The van der Waals surface area contributed by atoms with Gasteiger partial charge < -0.3 is 5.32 Å². The van der Waals surface area contributed by atoms with E-state index < -0.39 is 0 Å². The molecular weight excluding hydrogens is 245 g/mol. The fourth-order valence-corrected chi connectivity index (χ4v) is 1.75. The van der Waals surface area contributed by atoms with Crippen molar-refractivity contribution in [1.29, 1.82) is 0 Å². The average molecular weight is 255 g/mol. The lowest BCUT2D eigenvalue weighted by molar-refractivity contribution is 0.628. The van der Waals surface area contributed by atoms with E-state index in [1.807, 2.05) is 24.3 Å².